The molecule has 0 N–H and O–H groups in total. The molecule has 0 spiro atoms. The number of nitrogens with zero attached hydrogens (tertiary/aromatic N) is 6. The van der Waals surface area contributed by atoms with E-state index in [9.17, 15) is 0 Å². The normalized spacial score (nSPS) is 12.1. The minimum atomic E-state index is 0.182. The maximum absolute atomic E-state index is 9.10. The number of halogens is 1. The summed E-state index contributed by atoms with van der Waals surface area (Å²) in [6.45, 7) is 4.17. The Balaban J connectivity index is 1.45. The molecule has 2 aromatic heterocycles. The lowest BCUT2D eigenvalue weighted by Gasteiger charge is -2.31. The van der Waals surface area contributed by atoms with E-state index < -0.39 is 0 Å². The molecule has 3 aromatic carbocycles. The molecule has 184 valence electrons. The smallest absolute Gasteiger partial charge is 0.147 e. The van der Waals surface area contributed by atoms with Gasteiger partial charge in [0.1, 0.15) is 12.2 Å². The van der Waals surface area contributed by atoms with E-state index in [-0.39, 0.29) is 6.04 Å². The van der Waals surface area contributed by atoms with Crippen LogP contribution in [0.15, 0.2) is 95.7 Å². The van der Waals surface area contributed by atoms with E-state index in [1.165, 1.54) is 5.56 Å². The first-order valence-corrected chi connectivity index (χ1v) is 13.1. The van der Waals surface area contributed by atoms with Crippen LogP contribution in [0.4, 0.5) is 0 Å². The summed E-state index contributed by atoms with van der Waals surface area (Å²) in [5.74, 6) is 0.890. The van der Waals surface area contributed by atoms with Crippen LogP contribution in [0.2, 0.25) is 0 Å². The molecule has 5 rings (SSSR count). The predicted molar refractivity (Wildman–Crippen MR) is 148 cm³/mol. The van der Waals surface area contributed by atoms with Crippen LogP contribution in [0.1, 0.15) is 47.6 Å². The number of rotatable bonds is 9. The molecule has 0 saturated carbocycles. The minimum Gasteiger partial charge on any atom is -0.312 e. The molecule has 37 heavy (non-hydrogen) atoms. The van der Waals surface area contributed by atoms with Crippen molar-refractivity contribution in [2.75, 3.05) is 0 Å². The van der Waals surface area contributed by atoms with Gasteiger partial charge in [0.2, 0.25) is 0 Å². The minimum absolute atomic E-state index is 0.182. The van der Waals surface area contributed by atoms with E-state index in [0.29, 0.717) is 25.2 Å². The highest BCUT2D eigenvalue weighted by molar-refractivity contribution is 9.10. The fourth-order valence-corrected chi connectivity index (χ4v) is 4.93. The summed E-state index contributed by atoms with van der Waals surface area (Å²) in [5.41, 5.74) is 5.03. The van der Waals surface area contributed by atoms with Gasteiger partial charge in [0.25, 0.3) is 0 Å². The summed E-state index contributed by atoms with van der Waals surface area (Å²) in [6, 6.07) is 31.0. The van der Waals surface area contributed by atoms with Crippen LogP contribution in [0.3, 0.4) is 0 Å². The van der Waals surface area contributed by atoms with Gasteiger partial charge in [-0.05, 0) is 53.9 Å². The van der Waals surface area contributed by atoms with Crippen molar-refractivity contribution in [2.45, 2.75) is 39.0 Å². The first-order chi connectivity index (χ1) is 18.1. The number of nitriles is 1. The highest BCUT2D eigenvalue weighted by Gasteiger charge is 2.22. The van der Waals surface area contributed by atoms with E-state index in [4.69, 9.17) is 10.2 Å². The molecule has 0 aliphatic rings. The van der Waals surface area contributed by atoms with Crippen LogP contribution in [-0.4, -0.2) is 24.6 Å². The monoisotopic (exact) mass is 550 g/mol. The number of pyridine rings is 1. The van der Waals surface area contributed by atoms with Gasteiger partial charge in [0.05, 0.1) is 35.9 Å². The molecule has 0 fully saturated rings. The summed E-state index contributed by atoms with van der Waals surface area (Å²) < 4.78 is 3.15. The molecule has 0 radical (unpaired) electrons. The van der Waals surface area contributed by atoms with E-state index in [1.54, 1.807) is 6.33 Å². The Labute approximate surface area is 225 Å². The number of aromatic nitrogens is 4. The second-order valence-corrected chi connectivity index (χ2v) is 9.98. The zero-order chi connectivity index (χ0) is 25.6. The van der Waals surface area contributed by atoms with Crippen molar-refractivity contribution in [1.82, 2.24) is 24.6 Å². The van der Waals surface area contributed by atoms with Gasteiger partial charge < -0.3 is 4.57 Å². The average molecular weight is 551 g/mol. The summed E-state index contributed by atoms with van der Waals surface area (Å²) in [7, 11) is 0. The zero-order valence-corrected chi connectivity index (χ0v) is 22.2. The summed E-state index contributed by atoms with van der Waals surface area (Å²) in [6.07, 6.45) is 2.72. The van der Waals surface area contributed by atoms with Gasteiger partial charge in [-0.2, -0.15) is 5.26 Å². The molecule has 0 aliphatic carbocycles. The molecule has 1 atom stereocenters. The summed E-state index contributed by atoms with van der Waals surface area (Å²) in [5, 5.41) is 19.0. The van der Waals surface area contributed by atoms with E-state index in [0.717, 1.165) is 38.9 Å². The second kappa shape index (κ2) is 11.5. The molecule has 0 amide bonds. The van der Waals surface area contributed by atoms with Crippen molar-refractivity contribution in [3.8, 4) is 6.07 Å². The van der Waals surface area contributed by atoms with Crippen LogP contribution < -0.4 is 0 Å². The highest BCUT2D eigenvalue weighted by atomic mass is 79.9. The van der Waals surface area contributed by atoms with Crippen molar-refractivity contribution in [3.63, 3.8) is 0 Å². The number of hydrogen-bond acceptors (Lipinski definition) is 5. The number of hydrogen-bond donors (Lipinski definition) is 0. The van der Waals surface area contributed by atoms with Crippen LogP contribution in [0.25, 0.3) is 10.9 Å². The molecule has 6 nitrogen and oxygen atoms in total. The Morgan fingerprint density at radius 3 is 2.49 bits per heavy atom. The molecule has 5 aromatic rings. The van der Waals surface area contributed by atoms with Gasteiger partial charge in [0, 0.05) is 22.4 Å². The van der Waals surface area contributed by atoms with Crippen molar-refractivity contribution >= 4 is 26.8 Å². The topological polar surface area (TPSA) is 70.6 Å². The second-order valence-electron chi connectivity index (χ2n) is 9.06. The van der Waals surface area contributed by atoms with E-state index >= 15 is 0 Å². The lowest BCUT2D eigenvalue weighted by Crippen LogP contribution is -2.29. The Kier molecular flexibility index (Phi) is 7.69. The molecule has 0 aliphatic heterocycles. The lowest BCUT2D eigenvalue weighted by molar-refractivity contribution is 0.165. The van der Waals surface area contributed by atoms with Crippen molar-refractivity contribution < 1.29 is 0 Å². The number of para-hydroxylation sites is 1. The molecule has 0 bridgehead atoms. The highest BCUT2D eigenvalue weighted by Crippen LogP contribution is 2.29. The van der Waals surface area contributed by atoms with E-state index in [1.807, 2.05) is 36.4 Å². The Hall–Kier alpha value is -3.86. The third-order valence-corrected chi connectivity index (χ3v) is 7.11. The predicted octanol–water partition coefficient (Wildman–Crippen LogP) is 6.66. The number of fused-ring (bicyclic) bond motifs is 1. The van der Waals surface area contributed by atoms with Gasteiger partial charge >= 0.3 is 0 Å². The third kappa shape index (κ3) is 5.93. The first-order valence-electron chi connectivity index (χ1n) is 12.3. The maximum Gasteiger partial charge on any atom is 0.147 e. The van der Waals surface area contributed by atoms with Crippen LogP contribution in [0.5, 0.6) is 0 Å². The molecular weight excluding hydrogens is 524 g/mol. The fourth-order valence-electron chi connectivity index (χ4n) is 4.67. The van der Waals surface area contributed by atoms with Gasteiger partial charge in [-0.15, -0.1) is 10.2 Å². The van der Waals surface area contributed by atoms with Crippen molar-refractivity contribution in [2.24, 2.45) is 0 Å². The Morgan fingerprint density at radius 2 is 1.73 bits per heavy atom. The van der Waals surface area contributed by atoms with Crippen molar-refractivity contribution in [3.05, 3.63) is 124 Å². The quantitative estimate of drug-likeness (QED) is 0.205. The van der Waals surface area contributed by atoms with Crippen LogP contribution in [-0.2, 0) is 19.6 Å². The SMILES string of the molecule is CCC(c1ccc(Br)cc1)N(Cc1ccc2ccccc2n1)Cc1nncn1Cc1ccc(C#N)cc1. The van der Waals surface area contributed by atoms with Crippen LogP contribution >= 0.6 is 15.9 Å². The first kappa shape index (κ1) is 24.8. The maximum atomic E-state index is 9.10. The average Bonchev–Trinajstić information content (AvgIpc) is 3.36. The summed E-state index contributed by atoms with van der Waals surface area (Å²) in [4.78, 5) is 7.39. The third-order valence-electron chi connectivity index (χ3n) is 6.58. The zero-order valence-electron chi connectivity index (χ0n) is 20.6. The standard InChI is InChI=1S/C30H27BrN6/c1-2-29(25-11-14-26(31)15-12-25)36(19-27-16-13-24-5-3-4-6-28(24)34-27)20-30-35-33-21-37(30)18-23-9-7-22(17-32)8-10-23/h3-16,21,29H,2,18-20H2,1H3. The summed E-state index contributed by atoms with van der Waals surface area (Å²) >= 11 is 3.57. The van der Waals surface area contributed by atoms with Gasteiger partial charge in [0.15, 0.2) is 0 Å². The van der Waals surface area contributed by atoms with Gasteiger partial charge in [-0.1, -0.05) is 71.4 Å². The van der Waals surface area contributed by atoms with Crippen LogP contribution in [0, 0.1) is 11.3 Å². The molecular formula is C30H27BrN6. The molecule has 1 unspecified atom stereocenters. The van der Waals surface area contributed by atoms with Gasteiger partial charge in [-0.25, -0.2) is 0 Å². The van der Waals surface area contributed by atoms with E-state index in [2.05, 4.69) is 97.1 Å². The Bertz CT molecular complexity index is 1520. The van der Waals surface area contributed by atoms with Crippen molar-refractivity contribution in [1.29, 1.82) is 5.26 Å². The van der Waals surface area contributed by atoms with Gasteiger partial charge in [-0.3, -0.25) is 9.88 Å². The largest absolute Gasteiger partial charge is 0.312 e. The fraction of sp³-hybridized carbons (Fsp3) is 0.200. The molecule has 2 heterocycles. The Morgan fingerprint density at radius 1 is 0.946 bits per heavy atom. The molecule has 7 heteroatoms. The number of benzene rings is 3. The molecule has 0 saturated heterocycles. The lowest BCUT2D eigenvalue weighted by atomic mass is 10.0.